The van der Waals surface area contributed by atoms with E-state index in [1.165, 1.54) is 10.5 Å². The van der Waals surface area contributed by atoms with Crippen LogP contribution in [-0.4, -0.2) is 38.0 Å². The van der Waals surface area contributed by atoms with Crippen molar-refractivity contribution in [2.45, 2.75) is 19.4 Å². The molecule has 2 aliphatic heterocycles. The van der Waals surface area contributed by atoms with Crippen LogP contribution in [0.25, 0.3) is 0 Å². The number of rotatable bonds is 7. The first-order chi connectivity index (χ1) is 15.1. The zero-order valence-electron chi connectivity index (χ0n) is 17.9. The number of ether oxygens (including phenoxy) is 2. The lowest BCUT2D eigenvalue weighted by atomic mass is 9.92. The third-order valence-corrected chi connectivity index (χ3v) is 7.69. The normalized spacial score (nSPS) is 21.4. The molecule has 0 fully saturated rings. The molecule has 2 heterocycles. The average Bonchev–Trinajstić information content (AvgIpc) is 2.96. The fourth-order valence-electron chi connectivity index (χ4n) is 4.07. The van der Waals surface area contributed by atoms with Gasteiger partial charge in [0.2, 0.25) is 0 Å². The van der Waals surface area contributed by atoms with Gasteiger partial charge in [-0.05, 0) is 18.6 Å². The molecule has 4 rings (SSSR count). The quantitative estimate of drug-likeness (QED) is 0.488. The van der Waals surface area contributed by atoms with Gasteiger partial charge in [0.05, 0.1) is 30.5 Å². The van der Waals surface area contributed by atoms with Crippen LogP contribution in [0, 0.1) is 0 Å². The minimum Gasteiger partial charge on any atom is -0.489 e. The summed E-state index contributed by atoms with van der Waals surface area (Å²) in [5.74, 6) is 6.31. The van der Waals surface area contributed by atoms with Gasteiger partial charge in [-0.2, -0.15) is 10.5 Å². The van der Waals surface area contributed by atoms with Gasteiger partial charge in [-0.1, -0.05) is 66.0 Å². The third kappa shape index (κ3) is 5.24. The Balaban J connectivity index is 1.53. The van der Waals surface area contributed by atoms with E-state index in [1.807, 2.05) is 24.3 Å². The van der Waals surface area contributed by atoms with E-state index < -0.39 is 0 Å². The molecule has 6 heteroatoms. The van der Waals surface area contributed by atoms with Crippen molar-refractivity contribution in [2.75, 3.05) is 32.1 Å². The number of nitrogens with two attached hydrogens (primary N) is 1. The van der Waals surface area contributed by atoms with Crippen LogP contribution < -0.4 is 10.6 Å². The van der Waals surface area contributed by atoms with E-state index >= 15 is 0 Å². The van der Waals surface area contributed by atoms with Crippen LogP contribution in [-0.2, 0) is 16.0 Å². The van der Waals surface area contributed by atoms with Gasteiger partial charge in [0, 0.05) is 21.2 Å². The van der Waals surface area contributed by atoms with Crippen molar-refractivity contribution in [3.63, 3.8) is 0 Å². The number of benzene rings is 2. The monoisotopic (exact) mass is 457 g/mol. The molecule has 2 aromatic carbocycles. The maximum Gasteiger partial charge on any atom is 0.137 e. The fourth-order valence-corrected chi connectivity index (χ4v) is 5.88. The van der Waals surface area contributed by atoms with E-state index in [4.69, 9.17) is 21.1 Å². The van der Waals surface area contributed by atoms with Crippen LogP contribution in [0.4, 0.5) is 0 Å². The van der Waals surface area contributed by atoms with Gasteiger partial charge in [0.15, 0.2) is 0 Å². The summed E-state index contributed by atoms with van der Waals surface area (Å²) < 4.78 is 12.3. The summed E-state index contributed by atoms with van der Waals surface area (Å²) in [7, 11) is -0.171. The summed E-state index contributed by atoms with van der Waals surface area (Å²) >= 11 is 6.67. The number of dihydropyridines is 1. The molecule has 164 valence electrons. The molecule has 0 saturated heterocycles. The fraction of sp³-hybridized carbons (Fsp3) is 0.320. The molecule has 0 aliphatic carbocycles. The lowest BCUT2D eigenvalue weighted by Gasteiger charge is -2.33. The van der Waals surface area contributed by atoms with Crippen LogP contribution >= 0.6 is 22.1 Å². The summed E-state index contributed by atoms with van der Waals surface area (Å²) in [6, 6.07) is 18.6. The zero-order chi connectivity index (χ0) is 21.6. The van der Waals surface area contributed by atoms with Crippen molar-refractivity contribution < 1.29 is 14.8 Å². The highest BCUT2D eigenvalue weighted by Gasteiger charge is 2.35. The highest BCUT2D eigenvalue weighted by Crippen LogP contribution is 2.48. The number of nitrogens with one attached hydrogen (secondary N) is 1. The second kappa shape index (κ2) is 10.5. The standard InChI is InChI=1S/C25H29ClN2O2S/c1-18-24(30-13-12-27-16-19-8-4-3-5-9-19)23(20-10-6-7-11-21(20)26)25-22(28-18)17-29-14-15-31(25)2/h3-11,23,27-28H,2,12-17H2,1H3/p+1. The van der Waals surface area contributed by atoms with E-state index in [9.17, 15) is 0 Å². The lowest BCUT2D eigenvalue weighted by Crippen LogP contribution is -2.83. The summed E-state index contributed by atoms with van der Waals surface area (Å²) in [5, 5.41) is 6.58. The Morgan fingerprint density at radius 1 is 1.19 bits per heavy atom. The van der Waals surface area contributed by atoms with Gasteiger partial charge in [-0.15, -0.1) is 0 Å². The Morgan fingerprint density at radius 3 is 2.77 bits per heavy atom. The molecular formula is C25H30ClN2O2S+. The van der Waals surface area contributed by atoms with E-state index in [0.29, 0.717) is 13.2 Å². The van der Waals surface area contributed by atoms with E-state index in [0.717, 1.165) is 53.2 Å². The minimum atomic E-state index is -0.171. The molecule has 4 nitrogen and oxygen atoms in total. The van der Waals surface area contributed by atoms with Crippen molar-refractivity contribution in [1.82, 2.24) is 5.32 Å². The predicted octanol–water partition coefficient (Wildman–Crippen LogP) is 3.98. The average molecular weight is 458 g/mol. The van der Waals surface area contributed by atoms with Crippen LogP contribution in [0.2, 0.25) is 5.02 Å². The lowest BCUT2D eigenvalue weighted by molar-refractivity contribution is -0.671. The smallest absolute Gasteiger partial charge is 0.137 e. The number of allylic oxidation sites excluding steroid dienone is 2. The Labute approximate surface area is 192 Å². The first-order valence-electron chi connectivity index (χ1n) is 10.7. The van der Waals surface area contributed by atoms with Gasteiger partial charge < -0.3 is 20.1 Å². The molecule has 0 spiro atoms. The van der Waals surface area contributed by atoms with Crippen molar-refractivity contribution in [3.8, 4) is 0 Å². The molecule has 0 radical (unpaired) electrons. The Hall–Kier alpha value is -2.05. The van der Waals surface area contributed by atoms with Crippen LogP contribution in [0.3, 0.4) is 0 Å². The number of hydrogen-bond donors (Lipinski definition) is 2. The molecule has 0 bridgehead atoms. The highest BCUT2D eigenvalue weighted by molar-refractivity contribution is 8.17. The van der Waals surface area contributed by atoms with Gasteiger partial charge in [0.25, 0.3) is 0 Å². The maximum absolute atomic E-state index is 6.67. The number of quaternary nitrogens is 1. The first kappa shape index (κ1) is 22.2. The van der Waals surface area contributed by atoms with Crippen LogP contribution in [0.15, 0.2) is 76.7 Å². The Bertz CT molecular complexity index is 1000. The zero-order valence-corrected chi connectivity index (χ0v) is 19.5. The predicted molar refractivity (Wildman–Crippen MR) is 130 cm³/mol. The second-order valence-electron chi connectivity index (χ2n) is 7.78. The summed E-state index contributed by atoms with van der Waals surface area (Å²) in [5.41, 5.74) is 4.53. The Kier molecular flexibility index (Phi) is 7.51. The van der Waals surface area contributed by atoms with E-state index in [1.54, 1.807) is 0 Å². The van der Waals surface area contributed by atoms with Crippen molar-refractivity contribution in [2.24, 2.45) is 0 Å². The SMILES string of the molecule is C=S1CCOCC2=C1C(c1ccccc1Cl)C(OCC[NH2+]Cc1ccccc1)=C(C)N2. The maximum atomic E-state index is 6.67. The molecule has 0 aromatic heterocycles. The summed E-state index contributed by atoms with van der Waals surface area (Å²) in [6.07, 6.45) is 0. The van der Waals surface area contributed by atoms with Gasteiger partial charge >= 0.3 is 0 Å². The first-order valence-corrected chi connectivity index (χ1v) is 12.6. The number of hydrogen-bond acceptors (Lipinski definition) is 3. The molecule has 2 aliphatic rings. The van der Waals surface area contributed by atoms with Crippen LogP contribution in [0.5, 0.6) is 0 Å². The number of halogens is 1. The van der Waals surface area contributed by atoms with Crippen LogP contribution in [0.1, 0.15) is 24.0 Å². The highest BCUT2D eigenvalue weighted by atomic mass is 35.5. The molecular weight excluding hydrogens is 428 g/mol. The molecule has 2 aromatic rings. The van der Waals surface area contributed by atoms with Gasteiger partial charge in [-0.25, -0.2) is 0 Å². The van der Waals surface area contributed by atoms with Crippen molar-refractivity contribution in [3.05, 3.63) is 92.8 Å². The van der Waals surface area contributed by atoms with Gasteiger partial charge in [0.1, 0.15) is 25.5 Å². The van der Waals surface area contributed by atoms with Crippen molar-refractivity contribution >= 4 is 28.0 Å². The minimum absolute atomic E-state index is 0.0263. The van der Waals surface area contributed by atoms with E-state index in [-0.39, 0.29) is 16.4 Å². The molecule has 0 saturated carbocycles. The molecule has 2 atom stereocenters. The summed E-state index contributed by atoms with van der Waals surface area (Å²) in [4.78, 5) is 1.26. The molecule has 2 unspecified atom stereocenters. The molecule has 31 heavy (non-hydrogen) atoms. The van der Waals surface area contributed by atoms with Crippen molar-refractivity contribution in [1.29, 1.82) is 0 Å². The summed E-state index contributed by atoms with van der Waals surface area (Å²) in [6.45, 7) is 5.83. The molecule has 3 N–H and O–H groups in total. The van der Waals surface area contributed by atoms with E-state index in [2.05, 4.69) is 53.8 Å². The topological polar surface area (TPSA) is 47.1 Å². The third-order valence-electron chi connectivity index (χ3n) is 5.58. The largest absolute Gasteiger partial charge is 0.489 e. The Morgan fingerprint density at radius 2 is 1.97 bits per heavy atom. The molecule has 0 amide bonds. The second-order valence-corrected chi connectivity index (χ2v) is 10.0. The van der Waals surface area contributed by atoms with Gasteiger partial charge in [-0.3, -0.25) is 0 Å².